The molecule has 126 valence electrons. The van der Waals surface area contributed by atoms with Gasteiger partial charge in [0.2, 0.25) is 5.91 Å². The lowest BCUT2D eigenvalue weighted by atomic mass is 10.2. The minimum atomic E-state index is 0.0413. The van der Waals surface area contributed by atoms with Crippen LogP contribution in [0.4, 0.5) is 0 Å². The van der Waals surface area contributed by atoms with Crippen LogP contribution in [0.1, 0.15) is 44.9 Å². The van der Waals surface area contributed by atoms with Crippen molar-refractivity contribution in [2.75, 3.05) is 32.9 Å². The Kier molecular flexibility index (Phi) is 7.36. The third-order valence-corrected chi connectivity index (χ3v) is 5.74. The molecule has 0 spiro atoms. The van der Waals surface area contributed by atoms with Crippen LogP contribution in [0.5, 0.6) is 0 Å². The van der Waals surface area contributed by atoms with Gasteiger partial charge in [0.15, 0.2) is 5.96 Å². The Hall–Kier alpha value is -0.910. The molecule has 2 aliphatic rings. The van der Waals surface area contributed by atoms with Crippen LogP contribution in [0, 0.1) is 0 Å². The van der Waals surface area contributed by atoms with E-state index in [9.17, 15) is 4.79 Å². The topological polar surface area (TPSA) is 56.7 Å². The number of hydrogen-bond donors (Lipinski definition) is 2. The van der Waals surface area contributed by atoms with E-state index in [2.05, 4.69) is 27.4 Å². The molecule has 0 aromatic rings. The Morgan fingerprint density at radius 1 is 1.18 bits per heavy atom. The Morgan fingerprint density at radius 3 is 2.55 bits per heavy atom. The number of amides is 1. The van der Waals surface area contributed by atoms with Crippen molar-refractivity contribution in [3.8, 4) is 0 Å². The number of nitrogens with one attached hydrogen (secondary N) is 2. The van der Waals surface area contributed by atoms with Crippen LogP contribution in [0.2, 0.25) is 0 Å². The highest BCUT2D eigenvalue weighted by Gasteiger charge is 2.18. The fourth-order valence-corrected chi connectivity index (χ4v) is 4.12. The minimum Gasteiger partial charge on any atom is -0.355 e. The molecule has 5 nitrogen and oxygen atoms in total. The number of thioether (sulfide) groups is 1. The average Bonchev–Trinajstić information content (AvgIpc) is 3.03. The number of carbonyl (C=O) groups is 1. The molecule has 0 bridgehead atoms. The smallest absolute Gasteiger partial charge is 0.243 e. The van der Waals surface area contributed by atoms with Gasteiger partial charge in [0, 0.05) is 31.9 Å². The fourth-order valence-electron chi connectivity index (χ4n) is 2.88. The highest BCUT2D eigenvalue weighted by molar-refractivity contribution is 7.99. The van der Waals surface area contributed by atoms with Gasteiger partial charge in [0.1, 0.15) is 6.54 Å². The van der Waals surface area contributed by atoms with Crippen molar-refractivity contribution in [3.05, 3.63) is 0 Å². The Bertz CT molecular complexity index is 374. The summed E-state index contributed by atoms with van der Waals surface area (Å²) in [7, 11) is 3.54. The number of aliphatic imine (C=N–C) groups is 1. The maximum absolute atomic E-state index is 11.7. The Balaban J connectivity index is 1.84. The lowest BCUT2D eigenvalue weighted by molar-refractivity contribution is -0.127. The summed E-state index contributed by atoms with van der Waals surface area (Å²) in [6.45, 7) is 1.16. The molecule has 1 unspecified atom stereocenters. The molecule has 22 heavy (non-hydrogen) atoms. The van der Waals surface area contributed by atoms with Gasteiger partial charge in [0.25, 0.3) is 0 Å². The molecule has 0 aromatic heterocycles. The Labute approximate surface area is 138 Å². The molecule has 1 atom stereocenters. The van der Waals surface area contributed by atoms with E-state index in [0.717, 1.165) is 12.5 Å². The SMILES string of the molecule is CN(C)C(=O)CN=C(NCC1CCCCS1)NC1CCCC1. The molecule has 1 saturated heterocycles. The highest BCUT2D eigenvalue weighted by atomic mass is 32.2. The molecule has 1 amide bonds. The summed E-state index contributed by atoms with van der Waals surface area (Å²) < 4.78 is 0. The second-order valence-corrected chi connectivity index (χ2v) is 7.86. The van der Waals surface area contributed by atoms with E-state index in [0.29, 0.717) is 11.3 Å². The summed E-state index contributed by atoms with van der Waals surface area (Å²) in [6.07, 6.45) is 8.97. The number of likely N-dealkylation sites (N-methyl/N-ethyl adjacent to an activating group) is 1. The molecule has 6 heteroatoms. The van der Waals surface area contributed by atoms with E-state index in [1.54, 1.807) is 19.0 Å². The van der Waals surface area contributed by atoms with Crippen molar-refractivity contribution in [2.45, 2.75) is 56.2 Å². The van der Waals surface area contributed by atoms with Crippen LogP contribution in [-0.2, 0) is 4.79 Å². The van der Waals surface area contributed by atoms with Crippen LogP contribution >= 0.6 is 11.8 Å². The fraction of sp³-hybridized carbons (Fsp3) is 0.875. The van der Waals surface area contributed by atoms with Gasteiger partial charge in [-0.15, -0.1) is 0 Å². The molecule has 0 radical (unpaired) electrons. The second kappa shape index (κ2) is 9.28. The van der Waals surface area contributed by atoms with E-state index in [1.807, 2.05) is 0 Å². The molecular weight excluding hydrogens is 296 g/mol. The van der Waals surface area contributed by atoms with Gasteiger partial charge >= 0.3 is 0 Å². The van der Waals surface area contributed by atoms with E-state index >= 15 is 0 Å². The van der Waals surface area contributed by atoms with Gasteiger partial charge in [-0.05, 0) is 31.4 Å². The van der Waals surface area contributed by atoms with E-state index in [4.69, 9.17) is 0 Å². The zero-order valence-corrected chi connectivity index (χ0v) is 14.8. The largest absolute Gasteiger partial charge is 0.355 e. The number of hydrogen-bond acceptors (Lipinski definition) is 3. The summed E-state index contributed by atoms with van der Waals surface area (Å²) in [6, 6.07) is 0.514. The maximum atomic E-state index is 11.7. The first-order valence-electron chi connectivity index (χ1n) is 8.52. The van der Waals surface area contributed by atoms with Gasteiger partial charge in [-0.3, -0.25) is 4.79 Å². The average molecular weight is 327 g/mol. The molecule has 1 aliphatic heterocycles. The van der Waals surface area contributed by atoms with Crippen LogP contribution in [-0.4, -0.2) is 61.0 Å². The predicted octanol–water partition coefficient (Wildman–Crippen LogP) is 1.84. The Morgan fingerprint density at radius 2 is 1.91 bits per heavy atom. The third kappa shape index (κ3) is 6.07. The zero-order chi connectivity index (χ0) is 15.8. The van der Waals surface area contributed by atoms with Crippen LogP contribution < -0.4 is 10.6 Å². The summed E-state index contributed by atoms with van der Waals surface area (Å²) in [4.78, 5) is 17.8. The summed E-state index contributed by atoms with van der Waals surface area (Å²) in [5, 5.41) is 7.64. The standard InChI is InChI=1S/C16H30N4OS/c1-20(2)15(21)12-18-16(19-13-7-3-4-8-13)17-11-14-9-5-6-10-22-14/h13-14H,3-12H2,1-2H3,(H2,17,18,19). The van der Waals surface area contributed by atoms with E-state index < -0.39 is 0 Å². The van der Waals surface area contributed by atoms with Gasteiger partial charge in [-0.2, -0.15) is 11.8 Å². The van der Waals surface area contributed by atoms with E-state index in [-0.39, 0.29) is 12.5 Å². The monoisotopic (exact) mass is 326 g/mol. The van der Waals surface area contributed by atoms with Crippen molar-refractivity contribution in [2.24, 2.45) is 4.99 Å². The van der Waals surface area contributed by atoms with E-state index in [1.165, 1.54) is 50.7 Å². The third-order valence-electron chi connectivity index (χ3n) is 4.34. The molecule has 1 saturated carbocycles. The molecule has 1 aliphatic carbocycles. The molecule has 2 fully saturated rings. The van der Waals surface area contributed by atoms with Gasteiger partial charge in [-0.1, -0.05) is 19.3 Å². The van der Waals surface area contributed by atoms with Gasteiger partial charge in [0.05, 0.1) is 0 Å². The van der Waals surface area contributed by atoms with Crippen molar-refractivity contribution in [1.82, 2.24) is 15.5 Å². The summed E-state index contributed by atoms with van der Waals surface area (Å²) in [5.74, 6) is 2.13. The maximum Gasteiger partial charge on any atom is 0.243 e. The van der Waals surface area contributed by atoms with Crippen LogP contribution in [0.3, 0.4) is 0 Å². The number of guanidine groups is 1. The van der Waals surface area contributed by atoms with Gasteiger partial charge < -0.3 is 15.5 Å². The number of nitrogens with zero attached hydrogens (tertiary/aromatic N) is 2. The molecule has 2 rings (SSSR count). The van der Waals surface area contributed by atoms with Crippen LogP contribution in [0.15, 0.2) is 4.99 Å². The molecule has 2 N–H and O–H groups in total. The number of rotatable bonds is 5. The van der Waals surface area contributed by atoms with Crippen molar-refractivity contribution < 1.29 is 4.79 Å². The quantitative estimate of drug-likeness (QED) is 0.598. The van der Waals surface area contributed by atoms with Gasteiger partial charge in [-0.25, -0.2) is 4.99 Å². The van der Waals surface area contributed by atoms with Crippen molar-refractivity contribution in [1.29, 1.82) is 0 Å². The first-order valence-corrected chi connectivity index (χ1v) is 9.56. The normalized spacial score (nSPS) is 23.4. The molecule has 1 heterocycles. The van der Waals surface area contributed by atoms with Crippen molar-refractivity contribution >= 4 is 23.6 Å². The highest BCUT2D eigenvalue weighted by Crippen LogP contribution is 2.24. The number of carbonyl (C=O) groups excluding carboxylic acids is 1. The molecule has 0 aromatic carbocycles. The van der Waals surface area contributed by atoms with Crippen molar-refractivity contribution in [3.63, 3.8) is 0 Å². The zero-order valence-electron chi connectivity index (χ0n) is 13.9. The first-order chi connectivity index (χ1) is 10.6. The molecular formula is C16H30N4OS. The summed E-state index contributed by atoms with van der Waals surface area (Å²) >= 11 is 2.06. The second-order valence-electron chi connectivity index (χ2n) is 6.45. The predicted molar refractivity (Wildman–Crippen MR) is 94.5 cm³/mol. The lowest BCUT2D eigenvalue weighted by Crippen LogP contribution is -2.45. The lowest BCUT2D eigenvalue weighted by Gasteiger charge is -2.24. The van der Waals surface area contributed by atoms with Crippen LogP contribution in [0.25, 0.3) is 0 Å². The minimum absolute atomic E-state index is 0.0413. The first kappa shape index (κ1) is 17.4. The summed E-state index contributed by atoms with van der Waals surface area (Å²) in [5.41, 5.74) is 0.